The molecule has 5 heteroatoms. The van der Waals surface area contributed by atoms with Gasteiger partial charge in [-0.2, -0.15) is 0 Å². The van der Waals surface area contributed by atoms with Crippen molar-refractivity contribution in [3.8, 4) is 0 Å². The smallest absolute Gasteiger partial charge is 0.0452 e. The maximum atomic E-state index is 10.6. The molecular formula is C9H8O4S-2. The van der Waals surface area contributed by atoms with E-state index in [1.54, 1.807) is 17.5 Å². The Labute approximate surface area is 84.8 Å². The Balaban J connectivity index is 2.60. The van der Waals surface area contributed by atoms with Crippen LogP contribution in [-0.4, -0.2) is 11.9 Å². The summed E-state index contributed by atoms with van der Waals surface area (Å²) in [6.07, 6.45) is -0.311. The third kappa shape index (κ3) is 3.18. The molecule has 0 N–H and O–H groups in total. The molecule has 1 heterocycles. The van der Waals surface area contributed by atoms with Crippen LogP contribution in [0.1, 0.15) is 11.3 Å². The molecule has 4 nitrogen and oxygen atoms in total. The summed E-state index contributed by atoms with van der Waals surface area (Å²) in [6.45, 7) is 0. The predicted octanol–water partition coefficient (Wildman–Crippen LogP) is -1.20. The Kier molecular flexibility index (Phi) is 3.64. The number of carboxylic acids is 2. The SMILES string of the molecule is O=C([O-])CC(Cc1cccs1)C(=O)[O-]. The molecule has 0 aliphatic carbocycles. The van der Waals surface area contributed by atoms with Gasteiger partial charge in [-0.25, -0.2) is 0 Å². The lowest BCUT2D eigenvalue weighted by atomic mass is 10.0. The summed E-state index contributed by atoms with van der Waals surface area (Å²) < 4.78 is 0. The van der Waals surface area contributed by atoms with E-state index in [0.717, 1.165) is 4.88 Å². The Bertz CT molecular complexity index is 318. The van der Waals surface area contributed by atoms with Crippen LogP contribution < -0.4 is 10.2 Å². The van der Waals surface area contributed by atoms with Gasteiger partial charge in [0.15, 0.2) is 0 Å². The number of hydrogen-bond acceptors (Lipinski definition) is 5. The van der Waals surface area contributed by atoms with Crippen LogP contribution >= 0.6 is 11.3 Å². The zero-order valence-electron chi connectivity index (χ0n) is 7.26. The molecule has 0 aliphatic rings. The van der Waals surface area contributed by atoms with Crippen LogP contribution in [0.3, 0.4) is 0 Å². The van der Waals surface area contributed by atoms with Gasteiger partial charge < -0.3 is 19.8 Å². The maximum Gasteiger partial charge on any atom is 0.0452 e. The van der Waals surface area contributed by atoms with Gasteiger partial charge in [-0.05, 0) is 24.3 Å². The number of carbonyl (C=O) groups is 2. The second-order valence-corrected chi connectivity index (χ2v) is 3.91. The molecule has 14 heavy (non-hydrogen) atoms. The molecule has 0 fully saturated rings. The maximum absolute atomic E-state index is 10.6. The summed E-state index contributed by atoms with van der Waals surface area (Å²) in [7, 11) is 0. The third-order valence-electron chi connectivity index (χ3n) is 1.77. The monoisotopic (exact) mass is 212 g/mol. The van der Waals surface area contributed by atoms with E-state index in [4.69, 9.17) is 0 Å². The third-order valence-corrected chi connectivity index (χ3v) is 2.67. The average Bonchev–Trinajstić information content (AvgIpc) is 2.54. The van der Waals surface area contributed by atoms with Crippen LogP contribution in [0.15, 0.2) is 17.5 Å². The van der Waals surface area contributed by atoms with E-state index >= 15 is 0 Å². The van der Waals surface area contributed by atoms with E-state index in [9.17, 15) is 19.8 Å². The predicted molar refractivity (Wildman–Crippen MR) is 46.1 cm³/mol. The number of carbonyl (C=O) groups excluding carboxylic acids is 2. The standard InChI is InChI=1S/C9H10O4S/c10-8(11)5-6(9(12)13)4-7-2-1-3-14-7/h1-3,6H,4-5H2,(H,10,11)(H,12,13)/p-2. The van der Waals surface area contributed by atoms with Crippen molar-refractivity contribution in [1.82, 2.24) is 0 Å². The Morgan fingerprint density at radius 1 is 1.43 bits per heavy atom. The second kappa shape index (κ2) is 4.76. The molecule has 0 amide bonds. The van der Waals surface area contributed by atoms with Crippen LogP contribution in [0.4, 0.5) is 0 Å². The first-order valence-electron chi connectivity index (χ1n) is 4.02. The molecule has 0 spiro atoms. The minimum Gasteiger partial charge on any atom is -0.550 e. The van der Waals surface area contributed by atoms with Crippen LogP contribution in [0, 0.1) is 5.92 Å². The van der Waals surface area contributed by atoms with Crippen molar-refractivity contribution < 1.29 is 19.8 Å². The molecule has 0 radical (unpaired) electrons. The summed E-state index contributed by atoms with van der Waals surface area (Å²) in [5.74, 6) is -3.71. The van der Waals surface area contributed by atoms with E-state index in [1.165, 1.54) is 11.3 Å². The van der Waals surface area contributed by atoms with Gasteiger partial charge in [-0.3, -0.25) is 0 Å². The number of thiophene rings is 1. The molecule has 0 aliphatic heterocycles. The van der Waals surface area contributed by atoms with E-state index in [0.29, 0.717) is 0 Å². The highest BCUT2D eigenvalue weighted by atomic mass is 32.1. The molecular weight excluding hydrogens is 204 g/mol. The van der Waals surface area contributed by atoms with E-state index in [1.807, 2.05) is 0 Å². The molecule has 1 unspecified atom stereocenters. The van der Waals surface area contributed by atoms with Crippen LogP contribution in [0.2, 0.25) is 0 Å². The van der Waals surface area contributed by atoms with Crippen LogP contribution in [-0.2, 0) is 16.0 Å². The van der Waals surface area contributed by atoms with Gasteiger partial charge in [0.2, 0.25) is 0 Å². The van der Waals surface area contributed by atoms with Gasteiger partial charge >= 0.3 is 0 Å². The first-order valence-corrected chi connectivity index (χ1v) is 4.90. The van der Waals surface area contributed by atoms with E-state index < -0.39 is 24.3 Å². The summed E-state index contributed by atoms with van der Waals surface area (Å²) in [6, 6.07) is 3.54. The fourth-order valence-corrected chi connectivity index (χ4v) is 1.90. The first-order chi connectivity index (χ1) is 6.59. The van der Waals surface area contributed by atoms with Crippen molar-refractivity contribution in [2.24, 2.45) is 5.92 Å². The molecule has 0 aromatic carbocycles. The molecule has 0 saturated heterocycles. The fourth-order valence-electron chi connectivity index (χ4n) is 1.11. The van der Waals surface area contributed by atoms with E-state index in [-0.39, 0.29) is 6.42 Å². The zero-order chi connectivity index (χ0) is 10.6. The van der Waals surface area contributed by atoms with Crippen LogP contribution in [0.5, 0.6) is 0 Å². The molecule has 1 rings (SSSR count). The zero-order valence-corrected chi connectivity index (χ0v) is 8.08. The molecule has 0 saturated carbocycles. The number of carboxylic acid groups (broad SMARTS) is 2. The van der Waals surface area contributed by atoms with Gasteiger partial charge in [-0.15, -0.1) is 11.3 Å². The number of hydrogen-bond donors (Lipinski definition) is 0. The lowest BCUT2D eigenvalue weighted by Gasteiger charge is -2.17. The van der Waals surface area contributed by atoms with Crippen molar-refractivity contribution in [2.45, 2.75) is 12.8 Å². The molecule has 76 valence electrons. The highest BCUT2D eigenvalue weighted by Gasteiger charge is 2.11. The topological polar surface area (TPSA) is 80.3 Å². The molecule has 1 aromatic heterocycles. The van der Waals surface area contributed by atoms with Crippen molar-refractivity contribution in [3.63, 3.8) is 0 Å². The minimum absolute atomic E-state index is 0.188. The van der Waals surface area contributed by atoms with Gasteiger partial charge in [0.25, 0.3) is 0 Å². The van der Waals surface area contributed by atoms with E-state index in [2.05, 4.69) is 0 Å². The average molecular weight is 212 g/mol. The normalized spacial score (nSPS) is 12.3. The molecule has 1 aromatic rings. The van der Waals surface area contributed by atoms with Gasteiger partial charge in [-0.1, -0.05) is 6.07 Å². The number of rotatable bonds is 5. The second-order valence-electron chi connectivity index (χ2n) is 2.88. The van der Waals surface area contributed by atoms with Crippen LogP contribution in [0.25, 0.3) is 0 Å². The van der Waals surface area contributed by atoms with Crippen molar-refractivity contribution in [3.05, 3.63) is 22.4 Å². The van der Waals surface area contributed by atoms with Gasteiger partial charge in [0.1, 0.15) is 0 Å². The first kappa shape index (κ1) is 10.7. The Morgan fingerprint density at radius 3 is 2.57 bits per heavy atom. The summed E-state index contributed by atoms with van der Waals surface area (Å²) in [4.78, 5) is 21.6. The lowest BCUT2D eigenvalue weighted by molar-refractivity contribution is -0.320. The quantitative estimate of drug-likeness (QED) is 0.613. The highest BCUT2D eigenvalue weighted by Crippen LogP contribution is 2.16. The summed E-state index contributed by atoms with van der Waals surface area (Å²) >= 11 is 1.39. The van der Waals surface area contributed by atoms with Crippen molar-refractivity contribution >= 4 is 23.3 Å². The fraction of sp³-hybridized carbons (Fsp3) is 0.333. The molecule has 0 bridgehead atoms. The van der Waals surface area contributed by atoms with Crippen molar-refractivity contribution in [1.29, 1.82) is 0 Å². The highest BCUT2D eigenvalue weighted by molar-refractivity contribution is 7.09. The largest absolute Gasteiger partial charge is 0.550 e. The van der Waals surface area contributed by atoms with Gasteiger partial charge in [0, 0.05) is 22.7 Å². The van der Waals surface area contributed by atoms with Crippen molar-refractivity contribution in [2.75, 3.05) is 0 Å². The minimum atomic E-state index is -1.37. The number of aliphatic carboxylic acids is 2. The summed E-state index contributed by atoms with van der Waals surface area (Å²) in [5.41, 5.74) is 0. The van der Waals surface area contributed by atoms with Gasteiger partial charge in [0.05, 0.1) is 0 Å². The lowest BCUT2D eigenvalue weighted by Crippen LogP contribution is -2.37. The summed E-state index contributed by atoms with van der Waals surface area (Å²) in [5, 5.41) is 22.6. The molecule has 1 atom stereocenters. The Morgan fingerprint density at radius 2 is 2.14 bits per heavy atom. The Hall–Kier alpha value is -1.36.